The largest absolute Gasteiger partial charge is 0.263 e. The number of rotatable bonds is 3. The Morgan fingerprint density at radius 1 is 1.30 bits per heavy atom. The third-order valence-corrected chi connectivity index (χ3v) is 5.02. The van der Waals surface area contributed by atoms with E-state index in [1.165, 1.54) is 12.3 Å². The summed E-state index contributed by atoms with van der Waals surface area (Å²) in [5.74, 6) is 0.104. The molecular formula is C11H8Br2ClN3O2S. The molecule has 1 aromatic heterocycles. The molecule has 0 aliphatic heterocycles. The van der Waals surface area contributed by atoms with Crippen LogP contribution in [-0.4, -0.2) is 18.4 Å². The Bertz CT molecular complexity index is 768. The lowest BCUT2D eigenvalue weighted by molar-refractivity contribution is 0.600. The zero-order valence-corrected chi connectivity index (χ0v) is 14.8. The van der Waals surface area contributed by atoms with E-state index in [2.05, 4.69) is 46.5 Å². The summed E-state index contributed by atoms with van der Waals surface area (Å²) >= 11 is 12.1. The van der Waals surface area contributed by atoms with Crippen LogP contribution in [0.4, 0.5) is 5.82 Å². The lowest BCUT2D eigenvalue weighted by atomic mass is 10.2. The third-order valence-electron chi connectivity index (χ3n) is 2.37. The number of aromatic nitrogens is 2. The number of hydrogen-bond acceptors (Lipinski definition) is 4. The molecule has 0 aliphatic rings. The van der Waals surface area contributed by atoms with Crippen molar-refractivity contribution in [3.8, 4) is 0 Å². The summed E-state index contributed by atoms with van der Waals surface area (Å²) in [6.45, 7) is 1.69. The molecule has 5 nitrogen and oxygen atoms in total. The molecule has 0 saturated carbocycles. The van der Waals surface area contributed by atoms with Crippen LogP contribution in [0.15, 0.2) is 38.5 Å². The highest BCUT2D eigenvalue weighted by Gasteiger charge is 2.19. The van der Waals surface area contributed by atoms with Crippen LogP contribution in [0.2, 0.25) is 5.02 Å². The standard InChI is InChI=1S/C11H8Br2ClN3O2S/c1-6-2-3-7(14)4-8(6)20(18,19)17-11-10(13)16-9(12)5-15-11/h2-5H,1H3,(H,15,17). The van der Waals surface area contributed by atoms with E-state index in [0.717, 1.165) is 0 Å². The summed E-state index contributed by atoms with van der Waals surface area (Å²) in [6.07, 6.45) is 1.40. The number of aryl methyl sites for hydroxylation is 1. The van der Waals surface area contributed by atoms with Crippen molar-refractivity contribution in [3.05, 3.63) is 44.2 Å². The van der Waals surface area contributed by atoms with Crippen LogP contribution >= 0.6 is 43.5 Å². The van der Waals surface area contributed by atoms with Gasteiger partial charge in [0, 0.05) is 5.02 Å². The molecule has 2 rings (SSSR count). The number of sulfonamides is 1. The molecule has 2 aromatic rings. The van der Waals surface area contributed by atoms with Gasteiger partial charge in [-0.3, -0.25) is 4.72 Å². The number of nitrogens with one attached hydrogen (secondary N) is 1. The Balaban J connectivity index is 2.43. The zero-order valence-electron chi connectivity index (χ0n) is 10.1. The van der Waals surface area contributed by atoms with Gasteiger partial charge in [-0.1, -0.05) is 17.7 Å². The van der Waals surface area contributed by atoms with E-state index >= 15 is 0 Å². The van der Waals surface area contributed by atoms with Crippen molar-refractivity contribution in [1.82, 2.24) is 9.97 Å². The van der Waals surface area contributed by atoms with E-state index in [4.69, 9.17) is 11.6 Å². The lowest BCUT2D eigenvalue weighted by Crippen LogP contribution is -2.16. The molecule has 0 unspecified atom stereocenters. The maximum atomic E-state index is 12.3. The highest BCUT2D eigenvalue weighted by Crippen LogP contribution is 2.25. The molecule has 0 spiro atoms. The van der Waals surface area contributed by atoms with Crippen molar-refractivity contribution in [2.24, 2.45) is 0 Å². The second-order valence-corrected chi connectivity index (χ2v) is 7.50. The molecule has 0 atom stereocenters. The van der Waals surface area contributed by atoms with Crippen LogP contribution in [0, 0.1) is 6.92 Å². The van der Waals surface area contributed by atoms with Crippen molar-refractivity contribution < 1.29 is 8.42 Å². The quantitative estimate of drug-likeness (QED) is 0.787. The summed E-state index contributed by atoms with van der Waals surface area (Å²) in [5.41, 5.74) is 0.586. The molecule has 0 amide bonds. The van der Waals surface area contributed by atoms with Gasteiger partial charge in [0.1, 0.15) is 4.60 Å². The van der Waals surface area contributed by atoms with Crippen molar-refractivity contribution in [3.63, 3.8) is 0 Å². The van der Waals surface area contributed by atoms with E-state index in [0.29, 0.717) is 15.2 Å². The SMILES string of the molecule is Cc1ccc(Cl)cc1S(=O)(=O)Nc1ncc(Br)nc1Br. The van der Waals surface area contributed by atoms with Gasteiger partial charge in [0.05, 0.1) is 11.1 Å². The first-order valence-electron chi connectivity index (χ1n) is 5.26. The highest BCUT2D eigenvalue weighted by atomic mass is 79.9. The summed E-state index contributed by atoms with van der Waals surface area (Å²) < 4.78 is 27.8. The predicted octanol–water partition coefficient (Wildman–Crippen LogP) is 3.76. The molecule has 0 radical (unpaired) electrons. The maximum absolute atomic E-state index is 12.3. The van der Waals surface area contributed by atoms with Crippen molar-refractivity contribution in [2.75, 3.05) is 4.72 Å². The van der Waals surface area contributed by atoms with E-state index < -0.39 is 10.0 Å². The number of benzene rings is 1. The first-order chi connectivity index (χ1) is 9.29. The molecular weight excluding hydrogens is 433 g/mol. The fraction of sp³-hybridized carbons (Fsp3) is 0.0909. The molecule has 1 aromatic carbocycles. The second-order valence-electron chi connectivity index (χ2n) is 3.85. The van der Waals surface area contributed by atoms with E-state index in [9.17, 15) is 8.42 Å². The van der Waals surface area contributed by atoms with Gasteiger partial charge in [-0.15, -0.1) is 0 Å². The first-order valence-corrected chi connectivity index (χ1v) is 8.71. The third kappa shape index (κ3) is 3.49. The van der Waals surface area contributed by atoms with Crippen LogP contribution in [0.25, 0.3) is 0 Å². The number of anilines is 1. The zero-order chi connectivity index (χ0) is 14.9. The molecule has 0 saturated heterocycles. The fourth-order valence-corrected chi connectivity index (χ4v) is 4.03. The molecule has 0 aliphatic carbocycles. The van der Waals surface area contributed by atoms with Crippen molar-refractivity contribution in [2.45, 2.75) is 11.8 Å². The average molecular weight is 442 g/mol. The molecule has 0 bridgehead atoms. The summed E-state index contributed by atoms with van der Waals surface area (Å²) in [7, 11) is -3.78. The fourth-order valence-electron chi connectivity index (χ4n) is 1.46. The van der Waals surface area contributed by atoms with E-state index in [1.807, 2.05) is 0 Å². The average Bonchev–Trinajstić information content (AvgIpc) is 2.35. The smallest absolute Gasteiger partial charge is 0.261 e. The van der Waals surface area contributed by atoms with Gasteiger partial charge >= 0.3 is 0 Å². The Morgan fingerprint density at radius 2 is 2.00 bits per heavy atom. The number of nitrogens with zero attached hydrogens (tertiary/aromatic N) is 2. The topological polar surface area (TPSA) is 72.0 Å². The van der Waals surface area contributed by atoms with Crippen LogP contribution in [0.3, 0.4) is 0 Å². The lowest BCUT2D eigenvalue weighted by Gasteiger charge is -2.10. The Labute approximate surface area is 138 Å². The Kier molecular flexibility index (Phi) is 4.68. The van der Waals surface area contributed by atoms with Gasteiger partial charge in [0.2, 0.25) is 0 Å². The minimum absolute atomic E-state index is 0.0987. The predicted molar refractivity (Wildman–Crippen MR) is 84.4 cm³/mol. The van der Waals surface area contributed by atoms with Crippen LogP contribution in [0.1, 0.15) is 5.56 Å². The van der Waals surface area contributed by atoms with E-state index in [1.54, 1.807) is 19.1 Å². The molecule has 1 heterocycles. The number of halogens is 3. The Morgan fingerprint density at radius 3 is 2.65 bits per heavy atom. The monoisotopic (exact) mass is 439 g/mol. The van der Waals surface area contributed by atoms with Gasteiger partial charge < -0.3 is 0 Å². The van der Waals surface area contributed by atoms with Crippen LogP contribution < -0.4 is 4.72 Å². The first kappa shape index (κ1) is 15.7. The van der Waals surface area contributed by atoms with Crippen LogP contribution in [-0.2, 0) is 10.0 Å². The van der Waals surface area contributed by atoms with Gasteiger partial charge in [-0.25, -0.2) is 18.4 Å². The minimum atomic E-state index is -3.78. The van der Waals surface area contributed by atoms with Gasteiger partial charge in [0.15, 0.2) is 10.4 Å². The van der Waals surface area contributed by atoms with Gasteiger partial charge in [-0.2, -0.15) is 0 Å². The normalized spacial score (nSPS) is 11.4. The summed E-state index contributed by atoms with van der Waals surface area (Å²) in [5, 5.41) is 0.344. The summed E-state index contributed by atoms with van der Waals surface area (Å²) in [4.78, 5) is 8.07. The van der Waals surface area contributed by atoms with Gasteiger partial charge in [0.25, 0.3) is 10.0 Å². The molecule has 1 N–H and O–H groups in total. The van der Waals surface area contributed by atoms with Gasteiger partial charge in [-0.05, 0) is 56.5 Å². The molecule has 20 heavy (non-hydrogen) atoms. The second kappa shape index (κ2) is 5.97. The molecule has 106 valence electrons. The highest BCUT2D eigenvalue weighted by molar-refractivity contribution is 9.11. The Hall–Kier alpha value is -0.700. The molecule has 0 fully saturated rings. The molecule has 9 heteroatoms. The van der Waals surface area contributed by atoms with E-state index in [-0.39, 0.29) is 15.3 Å². The summed E-state index contributed by atoms with van der Waals surface area (Å²) in [6, 6.07) is 4.66. The van der Waals surface area contributed by atoms with Crippen molar-refractivity contribution >= 4 is 59.3 Å². The van der Waals surface area contributed by atoms with Crippen molar-refractivity contribution in [1.29, 1.82) is 0 Å². The maximum Gasteiger partial charge on any atom is 0.263 e. The minimum Gasteiger partial charge on any atom is -0.261 e. The number of hydrogen-bond donors (Lipinski definition) is 1. The van der Waals surface area contributed by atoms with Crippen LogP contribution in [0.5, 0.6) is 0 Å².